The summed E-state index contributed by atoms with van der Waals surface area (Å²) in [6.45, 7) is 0. The SMILES string of the molecule is COc1ccccc1/C=N/NC(=O)C(=O)Nc1cccc(Cl)c1. The fraction of sp³-hybridized carbons (Fsp3) is 0.0625. The number of methoxy groups -OCH3 is 1. The third-order valence-corrected chi connectivity index (χ3v) is 3.03. The van der Waals surface area contributed by atoms with Gasteiger partial charge in [-0.15, -0.1) is 0 Å². The summed E-state index contributed by atoms with van der Waals surface area (Å²) in [5, 5.41) is 6.61. The lowest BCUT2D eigenvalue weighted by molar-refractivity contribution is -0.136. The minimum absolute atomic E-state index is 0.423. The van der Waals surface area contributed by atoms with Gasteiger partial charge in [-0.3, -0.25) is 9.59 Å². The maximum atomic E-state index is 11.7. The van der Waals surface area contributed by atoms with E-state index in [1.54, 1.807) is 36.4 Å². The Hall–Kier alpha value is -2.86. The average Bonchev–Trinajstić information content (AvgIpc) is 2.55. The molecule has 0 atom stereocenters. The second kappa shape index (κ2) is 7.95. The molecule has 0 bridgehead atoms. The highest BCUT2D eigenvalue weighted by Crippen LogP contribution is 2.15. The number of hydrogen-bond donors (Lipinski definition) is 2. The number of ether oxygens (including phenoxy) is 1. The lowest BCUT2D eigenvalue weighted by Gasteiger charge is -2.05. The number of amides is 2. The van der Waals surface area contributed by atoms with Crippen molar-refractivity contribution in [1.29, 1.82) is 0 Å². The summed E-state index contributed by atoms with van der Waals surface area (Å²) in [5.74, 6) is -1.13. The minimum atomic E-state index is -0.892. The van der Waals surface area contributed by atoms with Gasteiger partial charge in [0.15, 0.2) is 0 Å². The van der Waals surface area contributed by atoms with E-state index in [0.29, 0.717) is 22.0 Å². The van der Waals surface area contributed by atoms with Crippen LogP contribution in [0.15, 0.2) is 53.6 Å². The highest BCUT2D eigenvalue weighted by atomic mass is 35.5. The zero-order valence-corrected chi connectivity index (χ0v) is 13.0. The highest BCUT2D eigenvalue weighted by molar-refractivity contribution is 6.39. The quantitative estimate of drug-likeness (QED) is 0.513. The fourth-order valence-electron chi connectivity index (χ4n) is 1.74. The Balaban J connectivity index is 1.93. The molecule has 0 aromatic heterocycles. The molecule has 0 aliphatic carbocycles. The largest absolute Gasteiger partial charge is 0.496 e. The summed E-state index contributed by atoms with van der Waals surface area (Å²) in [5.41, 5.74) is 3.24. The first-order valence-electron chi connectivity index (χ1n) is 6.63. The molecule has 2 rings (SSSR count). The van der Waals surface area contributed by atoms with Crippen molar-refractivity contribution < 1.29 is 14.3 Å². The molecule has 0 saturated carbocycles. The molecule has 0 radical (unpaired) electrons. The average molecular weight is 332 g/mol. The van der Waals surface area contributed by atoms with Crippen LogP contribution in [0.2, 0.25) is 5.02 Å². The minimum Gasteiger partial charge on any atom is -0.496 e. The molecule has 0 aliphatic heterocycles. The molecule has 0 aliphatic rings. The summed E-state index contributed by atoms with van der Waals surface area (Å²) in [6.07, 6.45) is 1.39. The van der Waals surface area contributed by atoms with Crippen molar-refractivity contribution in [2.45, 2.75) is 0 Å². The van der Waals surface area contributed by atoms with E-state index in [9.17, 15) is 9.59 Å². The fourth-order valence-corrected chi connectivity index (χ4v) is 1.93. The molecule has 2 aromatic carbocycles. The number of para-hydroxylation sites is 1. The number of hydrazone groups is 1. The summed E-state index contributed by atoms with van der Waals surface area (Å²) in [6, 6.07) is 13.6. The van der Waals surface area contributed by atoms with Gasteiger partial charge in [-0.1, -0.05) is 29.8 Å². The monoisotopic (exact) mass is 331 g/mol. The molecule has 0 unspecified atom stereocenters. The molecule has 0 fully saturated rings. The topological polar surface area (TPSA) is 79.8 Å². The Bertz CT molecular complexity index is 747. The number of nitrogens with zero attached hydrogens (tertiary/aromatic N) is 1. The highest BCUT2D eigenvalue weighted by Gasteiger charge is 2.12. The number of anilines is 1. The van der Waals surface area contributed by atoms with Crippen LogP contribution < -0.4 is 15.5 Å². The number of benzene rings is 2. The molecule has 0 saturated heterocycles. The molecule has 118 valence electrons. The second-order valence-corrected chi connectivity index (χ2v) is 4.84. The van der Waals surface area contributed by atoms with Crippen molar-refractivity contribution in [2.75, 3.05) is 12.4 Å². The van der Waals surface area contributed by atoms with Crippen molar-refractivity contribution in [3.05, 3.63) is 59.1 Å². The van der Waals surface area contributed by atoms with Crippen molar-refractivity contribution in [1.82, 2.24) is 5.43 Å². The van der Waals surface area contributed by atoms with E-state index in [1.807, 2.05) is 6.07 Å². The first-order valence-corrected chi connectivity index (χ1v) is 7.01. The van der Waals surface area contributed by atoms with E-state index in [-0.39, 0.29) is 0 Å². The standard InChI is InChI=1S/C16H14ClN3O3/c1-23-14-8-3-2-5-11(14)10-18-20-16(22)15(21)19-13-7-4-6-12(17)9-13/h2-10H,1H3,(H,19,21)(H,20,22)/b18-10+. The van der Waals surface area contributed by atoms with Crippen LogP contribution in [0.3, 0.4) is 0 Å². The van der Waals surface area contributed by atoms with Crippen LogP contribution in [0.25, 0.3) is 0 Å². The van der Waals surface area contributed by atoms with Crippen molar-refractivity contribution >= 4 is 35.3 Å². The van der Waals surface area contributed by atoms with Gasteiger partial charge in [-0.2, -0.15) is 5.10 Å². The molecule has 6 nitrogen and oxygen atoms in total. The molecule has 23 heavy (non-hydrogen) atoms. The van der Waals surface area contributed by atoms with Crippen LogP contribution in [-0.2, 0) is 9.59 Å². The first-order chi connectivity index (χ1) is 11.1. The van der Waals surface area contributed by atoms with Gasteiger partial charge in [0.1, 0.15) is 5.75 Å². The van der Waals surface area contributed by atoms with Gasteiger partial charge in [-0.05, 0) is 30.3 Å². The normalized spacial score (nSPS) is 10.3. The Morgan fingerprint density at radius 1 is 1.13 bits per heavy atom. The van der Waals surface area contributed by atoms with Crippen LogP contribution in [0.5, 0.6) is 5.75 Å². The number of carbonyl (C=O) groups is 2. The van der Waals surface area contributed by atoms with Crippen molar-refractivity contribution in [2.24, 2.45) is 5.10 Å². The van der Waals surface area contributed by atoms with E-state index in [1.165, 1.54) is 19.4 Å². The third-order valence-electron chi connectivity index (χ3n) is 2.80. The Morgan fingerprint density at radius 3 is 2.65 bits per heavy atom. The van der Waals surface area contributed by atoms with Gasteiger partial charge >= 0.3 is 11.8 Å². The van der Waals surface area contributed by atoms with Gasteiger partial charge in [0.05, 0.1) is 13.3 Å². The molecule has 2 aromatic rings. The molecular weight excluding hydrogens is 318 g/mol. The predicted molar refractivity (Wildman–Crippen MR) is 88.8 cm³/mol. The Labute approximate surface area is 138 Å². The molecule has 2 N–H and O–H groups in total. The number of halogens is 1. The maximum absolute atomic E-state index is 11.7. The van der Waals surface area contributed by atoms with Gasteiger partial charge < -0.3 is 10.1 Å². The van der Waals surface area contributed by atoms with Gasteiger partial charge in [0, 0.05) is 16.3 Å². The summed E-state index contributed by atoms with van der Waals surface area (Å²) in [7, 11) is 1.53. The molecule has 0 spiro atoms. The summed E-state index contributed by atoms with van der Waals surface area (Å²) >= 11 is 5.80. The third kappa shape index (κ3) is 4.82. The molecule has 0 heterocycles. The zero-order chi connectivity index (χ0) is 16.7. The first kappa shape index (κ1) is 16.5. The molecular formula is C16H14ClN3O3. The zero-order valence-electron chi connectivity index (χ0n) is 12.2. The van der Waals surface area contributed by atoms with Crippen LogP contribution in [0.1, 0.15) is 5.56 Å². The van der Waals surface area contributed by atoms with Crippen LogP contribution in [-0.4, -0.2) is 25.1 Å². The number of carbonyl (C=O) groups excluding carboxylic acids is 2. The lowest BCUT2D eigenvalue weighted by Crippen LogP contribution is -2.32. The van der Waals surface area contributed by atoms with E-state index in [0.717, 1.165) is 0 Å². The second-order valence-electron chi connectivity index (χ2n) is 4.41. The number of rotatable bonds is 4. The van der Waals surface area contributed by atoms with Crippen LogP contribution in [0.4, 0.5) is 5.69 Å². The smallest absolute Gasteiger partial charge is 0.329 e. The Morgan fingerprint density at radius 2 is 1.91 bits per heavy atom. The van der Waals surface area contributed by atoms with Crippen molar-refractivity contribution in [3.8, 4) is 5.75 Å². The summed E-state index contributed by atoms with van der Waals surface area (Å²) in [4.78, 5) is 23.4. The lowest BCUT2D eigenvalue weighted by atomic mass is 10.2. The predicted octanol–water partition coefficient (Wildman–Crippen LogP) is 2.44. The van der Waals surface area contributed by atoms with Gasteiger partial charge in [0.2, 0.25) is 0 Å². The van der Waals surface area contributed by atoms with E-state index in [4.69, 9.17) is 16.3 Å². The molecule has 7 heteroatoms. The molecule has 2 amide bonds. The van der Waals surface area contributed by atoms with Gasteiger partial charge in [-0.25, -0.2) is 5.43 Å². The maximum Gasteiger partial charge on any atom is 0.329 e. The van der Waals surface area contributed by atoms with Crippen LogP contribution in [0, 0.1) is 0 Å². The van der Waals surface area contributed by atoms with E-state index < -0.39 is 11.8 Å². The van der Waals surface area contributed by atoms with Crippen LogP contribution >= 0.6 is 11.6 Å². The van der Waals surface area contributed by atoms with Crippen molar-refractivity contribution in [3.63, 3.8) is 0 Å². The Kier molecular flexibility index (Phi) is 5.71. The van der Waals surface area contributed by atoms with E-state index in [2.05, 4.69) is 15.8 Å². The number of nitrogens with one attached hydrogen (secondary N) is 2. The van der Waals surface area contributed by atoms with Gasteiger partial charge in [0.25, 0.3) is 0 Å². The van der Waals surface area contributed by atoms with E-state index >= 15 is 0 Å². The summed E-state index contributed by atoms with van der Waals surface area (Å²) < 4.78 is 5.14. The number of hydrogen-bond acceptors (Lipinski definition) is 4.